The number of hydrogen-bond donors (Lipinski definition) is 0. The Hall–Kier alpha value is -9.78. The van der Waals surface area contributed by atoms with Crippen molar-refractivity contribution < 1.29 is 53.7 Å². The minimum absolute atomic E-state index is 0.310. The van der Waals surface area contributed by atoms with Gasteiger partial charge in [0, 0.05) is 35.3 Å². The number of nitrogens with zero attached hydrogens (tertiary/aromatic N) is 12. The van der Waals surface area contributed by atoms with Gasteiger partial charge in [0.2, 0.25) is 0 Å². The van der Waals surface area contributed by atoms with E-state index in [9.17, 15) is 71.1 Å². The number of halogens is 9. The van der Waals surface area contributed by atoms with Gasteiger partial charge in [-0.25, -0.2) is 15.0 Å². The molecule has 0 radical (unpaired) electrons. The highest BCUT2D eigenvalue weighted by atomic mass is 19.4. The summed E-state index contributed by atoms with van der Waals surface area (Å²) < 4.78 is 151. The molecule has 0 aliphatic rings. The second-order valence-electron chi connectivity index (χ2n) is 13.1. The van der Waals surface area contributed by atoms with E-state index in [1.54, 1.807) is 36.4 Å². The first-order valence-electron chi connectivity index (χ1n) is 17.8. The molecule has 0 bridgehead atoms. The maximum absolute atomic E-state index is 14.6. The number of benzene rings is 4. The zero-order valence-corrected chi connectivity index (χ0v) is 32.2. The summed E-state index contributed by atoms with van der Waals surface area (Å²) in [4.78, 5) is 11.1. The van der Waals surface area contributed by atoms with Crippen LogP contribution >= 0.6 is 0 Å². The molecule has 0 unspecified atom stereocenters. The topological polar surface area (TPSA) is 224 Å². The van der Waals surface area contributed by atoms with Crippen molar-refractivity contribution in [2.75, 3.05) is 0 Å². The van der Waals surface area contributed by atoms with Crippen molar-refractivity contribution in [2.24, 2.45) is 0 Å². The number of aromatic nitrogens is 6. The monoisotopic (exact) mass is 906 g/mol. The standard InChI is InChI=1S/C42H15F9N12O3/c43-40(44,45)28-7-22(61-19-58-31(13-52)34(61)16-55)1-4-37(28)64-25-10-26(65-38-5-2-23(8-29(38)41(46,47)48)62-20-59-32(14-53)35(62)17-56)12-27(11-25)66-39-6-3-24(9-30(39)42(49,50)51)63-21-60-33(15-54)36(63)18-57/h1-12,19-21H. The molecule has 4 aromatic carbocycles. The van der Waals surface area contributed by atoms with Crippen molar-refractivity contribution in [3.8, 4) is 88.0 Å². The summed E-state index contributed by atoms with van der Waals surface area (Å²) in [7, 11) is 0. The van der Waals surface area contributed by atoms with E-state index in [4.69, 9.17) is 14.2 Å². The van der Waals surface area contributed by atoms with Gasteiger partial charge in [-0.05, 0) is 54.6 Å². The lowest BCUT2D eigenvalue weighted by Crippen LogP contribution is -2.10. The van der Waals surface area contributed by atoms with Gasteiger partial charge in [0.15, 0.2) is 34.2 Å². The third-order valence-corrected chi connectivity index (χ3v) is 9.12. The van der Waals surface area contributed by atoms with Crippen LogP contribution in [0.5, 0.6) is 34.5 Å². The molecular weight excluding hydrogens is 892 g/mol. The van der Waals surface area contributed by atoms with Gasteiger partial charge in [-0.15, -0.1) is 0 Å². The SMILES string of the molecule is N#Cc1ncn(-c2ccc(Oc3cc(Oc4ccc(-n5cnc(C#N)c5C#N)cc4C(F)(F)F)cc(Oc4ccc(-n5cnc(C#N)c5C#N)cc4C(F)(F)F)c3)c(C(F)(F)F)c2)c1C#N. The Balaban J connectivity index is 1.36. The number of rotatable bonds is 9. The molecule has 0 aliphatic carbocycles. The van der Waals surface area contributed by atoms with Crippen LogP contribution in [0.25, 0.3) is 17.1 Å². The fourth-order valence-electron chi connectivity index (χ4n) is 6.24. The van der Waals surface area contributed by atoms with Gasteiger partial charge < -0.3 is 14.2 Å². The number of hydrogen-bond acceptors (Lipinski definition) is 12. The Morgan fingerprint density at radius 3 is 0.848 bits per heavy atom. The molecule has 3 aromatic heterocycles. The van der Waals surface area contributed by atoms with Crippen LogP contribution in [0.2, 0.25) is 0 Å². The molecule has 0 fully saturated rings. The predicted molar refractivity (Wildman–Crippen MR) is 201 cm³/mol. The van der Waals surface area contributed by atoms with Crippen molar-refractivity contribution in [1.82, 2.24) is 28.7 Å². The Morgan fingerprint density at radius 1 is 0.379 bits per heavy atom. The van der Waals surface area contributed by atoms with Crippen LogP contribution in [-0.2, 0) is 18.5 Å². The van der Waals surface area contributed by atoms with Crippen molar-refractivity contribution in [3.63, 3.8) is 0 Å². The molecule has 15 nitrogen and oxygen atoms in total. The van der Waals surface area contributed by atoms with Crippen LogP contribution in [0, 0.1) is 68.0 Å². The first-order valence-corrected chi connectivity index (χ1v) is 17.8. The van der Waals surface area contributed by atoms with Crippen molar-refractivity contribution in [3.05, 3.63) is 143 Å². The summed E-state index contributed by atoms with van der Waals surface area (Å²) in [6.07, 6.45) is -12.9. The van der Waals surface area contributed by atoms with Gasteiger partial charge in [-0.1, -0.05) is 0 Å². The van der Waals surface area contributed by atoms with Gasteiger partial charge in [0.25, 0.3) is 0 Å². The lowest BCUT2D eigenvalue weighted by Gasteiger charge is -2.19. The predicted octanol–water partition coefficient (Wildman–Crippen LogP) is 9.91. The fraction of sp³-hybridized carbons (Fsp3) is 0.0714. The molecule has 7 rings (SSSR count). The molecule has 0 atom stereocenters. The lowest BCUT2D eigenvalue weighted by molar-refractivity contribution is -0.139. The van der Waals surface area contributed by atoms with Crippen molar-refractivity contribution in [2.45, 2.75) is 18.5 Å². The fourth-order valence-corrected chi connectivity index (χ4v) is 6.24. The highest BCUT2D eigenvalue weighted by molar-refractivity contribution is 5.56. The van der Waals surface area contributed by atoms with Crippen LogP contribution < -0.4 is 14.2 Å². The quantitative estimate of drug-likeness (QED) is 0.123. The molecule has 0 N–H and O–H groups in total. The van der Waals surface area contributed by atoms with E-state index in [0.717, 1.165) is 87.3 Å². The number of ether oxygens (including phenoxy) is 3. The molecular formula is C42H15F9N12O3. The second-order valence-corrected chi connectivity index (χ2v) is 13.1. The maximum Gasteiger partial charge on any atom is 0.420 e. The molecule has 0 saturated carbocycles. The van der Waals surface area contributed by atoms with E-state index in [1.807, 2.05) is 0 Å². The van der Waals surface area contributed by atoms with Gasteiger partial charge in [-0.3, -0.25) is 13.7 Å². The summed E-state index contributed by atoms with van der Waals surface area (Å²) in [6, 6.07) is 19.3. The number of nitriles is 6. The van der Waals surface area contributed by atoms with E-state index in [1.165, 1.54) is 0 Å². The van der Waals surface area contributed by atoms with Gasteiger partial charge in [0.1, 0.15) is 107 Å². The average Bonchev–Trinajstić information content (AvgIpc) is 4.02. The maximum atomic E-state index is 14.6. The van der Waals surface area contributed by atoms with Crippen LogP contribution in [0.4, 0.5) is 39.5 Å². The van der Waals surface area contributed by atoms with Crippen LogP contribution in [0.15, 0.2) is 91.8 Å². The molecule has 324 valence electrons. The Kier molecular flexibility index (Phi) is 11.3. The molecule has 0 saturated heterocycles. The summed E-state index contributed by atoms with van der Waals surface area (Å²) in [5.74, 6) is -4.97. The Bertz CT molecular complexity index is 3000. The van der Waals surface area contributed by atoms with E-state index in [2.05, 4.69) is 15.0 Å². The molecule has 7 aromatic rings. The van der Waals surface area contributed by atoms with E-state index in [0.29, 0.717) is 18.2 Å². The number of alkyl halides is 9. The Labute approximate surface area is 362 Å². The molecule has 3 heterocycles. The third-order valence-electron chi connectivity index (χ3n) is 9.12. The van der Waals surface area contributed by atoms with Gasteiger partial charge in [-0.2, -0.15) is 71.1 Å². The van der Waals surface area contributed by atoms with E-state index < -0.39 is 104 Å². The van der Waals surface area contributed by atoms with E-state index >= 15 is 0 Å². The summed E-state index contributed by atoms with van der Waals surface area (Å²) in [5, 5.41) is 56.4. The summed E-state index contributed by atoms with van der Waals surface area (Å²) >= 11 is 0. The molecule has 0 aliphatic heterocycles. The van der Waals surface area contributed by atoms with Gasteiger partial charge >= 0.3 is 18.5 Å². The average molecular weight is 907 g/mol. The largest absolute Gasteiger partial charge is 0.456 e. The Morgan fingerprint density at radius 2 is 0.636 bits per heavy atom. The highest BCUT2D eigenvalue weighted by Crippen LogP contribution is 2.46. The minimum Gasteiger partial charge on any atom is -0.456 e. The van der Waals surface area contributed by atoms with Gasteiger partial charge in [0.05, 0.1) is 0 Å². The summed E-state index contributed by atoms with van der Waals surface area (Å²) in [6.45, 7) is 0. The second kappa shape index (κ2) is 16.8. The smallest absolute Gasteiger partial charge is 0.420 e. The normalized spacial score (nSPS) is 11.3. The number of imidazole rings is 3. The van der Waals surface area contributed by atoms with Crippen LogP contribution in [0.3, 0.4) is 0 Å². The lowest BCUT2D eigenvalue weighted by atomic mass is 10.1. The third kappa shape index (κ3) is 8.52. The van der Waals surface area contributed by atoms with Crippen molar-refractivity contribution >= 4 is 0 Å². The molecule has 66 heavy (non-hydrogen) atoms. The van der Waals surface area contributed by atoms with Crippen molar-refractivity contribution in [1.29, 1.82) is 31.6 Å². The van der Waals surface area contributed by atoms with Crippen LogP contribution in [0.1, 0.15) is 50.9 Å². The molecule has 24 heteroatoms. The first-order chi connectivity index (χ1) is 31.3. The summed E-state index contributed by atoms with van der Waals surface area (Å²) in [5.41, 5.74) is -7.84. The minimum atomic E-state index is -5.21. The molecule has 0 amide bonds. The van der Waals surface area contributed by atoms with E-state index in [-0.39, 0.29) is 17.1 Å². The highest BCUT2D eigenvalue weighted by Gasteiger charge is 2.38. The first kappa shape index (κ1) is 44.3. The zero-order chi connectivity index (χ0) is 47.7. The molecule has 0 spiro atoms. The zero-order valence-electron chi connectivity index (χ0n) is 32.2. The van der Waals surface area contributed by atoms with Crippen LogP contribution in [-0.4, -0.2) is 28.7 Å².